The molecule has 0 spiro atoms. The summed E-state index contributed by atoms with van der Waals surface area (Å²) in [5, 5.41) is 26.7. The molecule has 0 aromatic rings. The minimum atomic E-state index is -1.42. The molecule has 0 atom stereocenters. The van der Waals surface area contributed by atoms with Gasteiger partial charge < -0.3 is 29.7 Å². The second-order valence-corrected chi connectivity index (χ2v) is 3.45. The SMILES string of the molecule is C=C(Cl)C(=O)[O-].C=C(Cl)C(=O)[O-].C=C(Cl)C(=O)[O-].[Fe+3]. The molecule has 0 saturated carbocycles. The standard InChI is InChI=1S/3C3H3ClO2.Fe/c3*1-2(4)3(5)6;/h3*1H2,(H,5,6);/q;;;+3/p-3. The van der Waals surface area contributed by atoms with Gasteiger partial charge in [0.15, 0.2) is 0 Å². The van der Waals surface area contributed by atoms with Crippen molar-refractivity contribution in [2.75, 3.05) is 0 Å². The normalized spacial score (nSPS) is 7.11. The topological polar surface area (TPSA) is 120 Å². The van der Waals surface area contributed by atoms with Gasteiger partial charge in [-0.15, -0.1) is 0 Å². The summed E-state index contributed by atoms with van der Waals surface area (Å²) >= 11 is 14.3. The minimum absolute atomic E-state index is 0. The molecule has 0 rings (SSSR count). The molecule has 0 unspecified atom stereocenters. The van der Waals surface area contributed by atoms with E-state index in [0.29, 0.717) is 0 Å². The van der Waals surface area contributed by atoms with E-state index in [1.54, 1.807) is 0 Å². The molecule has 0 amide bonds. The first-order valence-corrected chi connectivity index (χ1v) is 4.74. The minimum Gasteiger partial charge on any atom is -0.544 e. The Labute approximate surface area is 134 Å². The molecular formula is C9H6Cl3FeO6. The van der Waals surface area contributed by atoms with E-state index >= 15 is 0 Å². The van der Waals surface area contributed by atoms with Gasteiger partial charge in [0.05, 0.1) is 33.0 Å². The fourth-order valence-electron chi connectivity index (χ4n) is 0. The van der Waals surface area contributed by atoms with E-state index in [4.69, 9.17) is 34.8 Å². The van der Waals surface area contributed by atoms with Crippen molar-refractivity contribution in [3.05, 3.63) is 34.8 Å². The Kier molecular flexibility index (Phi) is 21.1. The van der Waals surface area contributed by atoms with Crippen molar-refractivity contribution < 1.29 is 46.8 Å². The summed E-state index contributed by atoms with van der Waals surface area (Å²) in [5.41, 5.74) is 0. The van der Waals surface area contributed by atoms with Crippen LogP contribution in [0.15, 0.2) is 34.8 Å². The van der Waals surface area contributed by atoms with Crippen LogP contribution in [-0.4, -0.2) is 17.9 Å². The van der Waals surface area contributed by atoms with Gasteiger partial charge in [-0.3, -0.25) is 0 Å². The van der Waals surface area contributed by atoms with E-state index < -0.39 is 33.0 Å². The molecule has 0 aromatic heterocycles. The number of carboxylic acids is 3. The van der Waals surface area contributed by atoms with Gasteiger partial charge >= 0.3 is 17.1 Å². The molecule has 6 nitrogen and oxygen atoms in total. The second kappa shape index (κ2) is 15.1. The zero-order valence-corrected chi connectivity index (χ0v) is 12.4. The number of carboxylic acid groups (broad SMARTS) is 3. The molecule has 1 radical (unpaired) electrons. The Morgan fingerprint density at radius 2 is 0.684 bits per heavy atom. The molecule has 107 valence electrons. The first kappa shape index (κ1) is 26.6. The van der Waals surface area contributed by atoms with Crippen molar-refractivity contribution in [1.29, 1.82) is 0 Å². The van der Waals surface area contributed by atoms with Gasteiger partial charge in [0.1, 0.15) is 0 Å². The van der Waals surface area contributed by atoms with Crippen LogP contribution >= 0.6 is 34.8 Å². The Balaban J connectivity index is -0.0000000865. The molecule has 0 saturated heterocycles. The Hall–Kier alpha value is -0.981. The number of aliphatic carboxylic acids is 3. The molecule has 0 aliphatic heterocycles. The van der Waals surface area contributed by atoms with Gasteiger partial charge in [0, 0.05) is 0 Å². The second-order valence-electron chi connectivity index (χ2n) is 2.08. The summed E-state index contributed by atoms with van der Waals surface area (Å²) in [5.74, 6) is -4.26. The van der Waals surface area contributed by atoms with Crippen LogP contribution in [0.25, 0.3) is 0 Å². The van der Waals surface area contributed by atoms with Crippen LogP contribution in [-0.2, 0) is 31.5 Å². The first-order valence-electron chi connectivity index (χ1n) is 3.60. The zero-order valence-electron chi connectivity index (χ0n) is 9.06. The smallest absolute Gasteiger partial charge is 0.544 e. The quantitative estimate of drug-likeness (QED) is 0.438. The van der Waals surface area contributed by atoms with Crippen LogP contribution in [0.1, 0.15) is 0 Å². The first-order chi connectivity index (χ1) is 7.93. The molecule has 10 heteroatoms. The number of halogens is 3. The summed E-state index contributed by atoms with van der Waals surface area (Å²) in [7, 11) is 0. The maximum Gasteiger partial charge on any atom is 3.00 e. The molecule has 0 N–H and O–H groups in total. The van der Waals surface area contributed by atoms with Crippen molar-refractivity contribution in [3.63, 3.8) is 0 Å². The van der Waals surface area contributed by atoms with Crippen LogP contribution < -0.4 is 15.3 Å². The van der Waals surface area contributed by atoms with Gasteiger partial charge in [-0.05, 0) is 0 Å². The van der Waals surface area contributed by atoms with Crippen molar-refractivity contribution in [2.45, 2.75) is 0 Å². The number of rotatable bonds is 3. The average Bonchev–Trinajstić information content (AvgIpc) is 2.18. The maximum absolute atomic E-state index is 9.36. The Morgan fingerprint density at radius 3 is 0.684 bits per heavy atom. The molecule has 0 aliphatic carbocycles. The molecule has 0 fully saturated rings. The van der Waals surface area contributed by atoms with E-state index in [0.717, 1.165) is 0 Å². The maximum atomic E-state index is 9.36. The number of carbonyl (C=O) groups is 3. The van der Waals surface area contributed by atoms with Crippen molar-refractivity contribution >= 4 is 52.7 Å². The van der Waals surface area contributed by atoms with E-state index in [-0.39, 0.29) is 17.1 Å². The van der Waals surface area contributed by atoms with Gasteiger partial charge in [-0.1, -0.05) is 54.5 Å². The van der Waals surface area contributed by atoms with Gasteiger partial charge in [0.25, 0.3) is 0 Å². The third kappa shape index (κ3) is 31.6. The largest absolute Gasteiger partial charge is 3.00 e. The van der Waals surface area contributed by atoms with Crippen LogP contribution in [0, 0.1) is 0 Å². The average molecular weight is 372 g/mol. The van der Waals surface area contributed by atoms with E-state index in [9.17, 15) is 29.7 Å². The van der Waals surface area contributed by atoms with Crippen LogP contribution in [0.5, 0.6) is 0 Å². The summed E-state index contributed by atoms with van der Waals surface area (Å²) in [6.45, 7) is 8.57. The van der Waals surface area contributed by atoms with Crippen molar-refractivity contribution in [2.24, 2.45) is 0 Å². The fourth-order valence-corrected chi connectivity index (χ4v) is 0. The zero-order chi connectivity index (χ0) is 15.5. The molecule has 19 heavy (non-hydrogen) atoms. The van der Waals surface area contributed by atoms with Gasteiger partial charge in [0.2, 0.25) is 0 Å². The third-order valence-corrected chi connectivity index (χ3v) is 1.13. The molecule has 0 bridgehead atoms. The van der Waals surface area contributed by atoms with Crippen LogP contribution in [0.2, 0.25) is 0 Å². The summed E-state index contributed by atoms with van der Waals surface area (Å²) in [4.78, 5) is 28.1. The monoisotopic (exact) mass is 371 g/mol. The van der Waals surface area contributed by atoms with Crippen molar-refractivity contribution in [3.8, 4) is 0 Å². The third-order valence-electron chi connectivity index (χ3n) is 0.664. The van der Waals surface area contributed by atoms with E-state index in [1.807, 2.05) is 0 Å². The van der Waals surface area contributed by atoms with Crippen molar-refractivity contribution in [1.82, 2.24) is 0 Å². The predicted octanol–water partition coefficient (Wildman–Crippen LogP) is -1.54. The van der Waals surface area contributed by atoms with Gasteiger partial charge in [-0.25, -0.2) is 0 Å². The summed E-state index contributed by atoms with van der Waals surface area (Å²) in [6, 6.07) is 0. The van der Waals surface area contributed by atoms with Crippen LogP contribution in [0.4, 0.5) is 0 Å². The number of hydrogen-bond donors (Lipinski definition) is 0. The summed E-state index contributed by atoms with van der Waals surface area (Å²) in [6.07, 6.45) is 0. The fraction of sp³-hybridized carbons (Fsp3) is 0. The van der Waals surface area contributed by atoms with E-state index in [2.05, 4.69) is 19.7 Å². The van der Waals surface area contributed by atoms with E-state index in [1.165, 1.54) is 0 Å². The summed E-state index contributed by atoms with van der Waals surface area (Å²) < 4.78 is 0. The Bertz CT molecular complexity index is 287. The van der Waals surface area contributed by atoms with Gasteiger partial charge in [-0.2, -0.15) is 0 Å². The Morgan fingerprint density at radius 1 is 0.632 bits per heavy atom. The number of hydrogen-bond acceptors (Lipinski definition) is 6. The van der Waals surface area contributed by atoms with Crippen LogP contribution in [0.3, 0.4) is 0 Å². The molecule has 0 aromatic carbocycles. The molecule has 0 heterocycles. The molecule has 0 aliphatic rings. The number of carbonyl (C=O) groups excluding carboxylic acids is 3. The predicted molar refractivity (Wildman–Crippen MR) is 60.0 cm³/mol. The molecular weight excluding hydrogens is 366 g/mol.